The van der Waals surface area contributed by atoms with Gasteiger partial charge < -0.3 is 14.6 Å². The second kappa shape index (κ2) is 9.21. The fourth-order valence-electron chi connectivity index (χ4n) is 4.13. The first-order valence-electron chi connectivity index (χ1n) is 10.8. The van der Waals surface area contributed by atoms with E-state index in [1.54, 1.807) is 31.8 Å². The monoisotopic (exact) mass is 498 g/mol. The van der Waals surface area contributed by atoms with Crippen molar-refractivity contribution in [2.45, 2.75) is 23.8 Å². The smallest absolute Gasteiger partial charge is 0.240 e. The molecule has 176 valence electrons. The van der Waals surface area contributed by atoms with Gasteiger partial charge in [0.05, 0.1) is 17.4 Å². The summed E-state index contributed by atoms with van der Waals surface area (Å²) in [5.41, 5.74) is 2.57. The molecule has 5 rings (SSSR count). The SMILES string of the molecule is COc1cc(-c2cc3c(N4CCC(NS(=O)(=O)c5ccc(Cl)cc5)CC4)ncnc3[nH]2)ccn1. The Morgan fingerprint density at radius 1 is 1.09 bits per heavy atom. The van der Waals surface area contributed by atoms with Crippen LogP contribution in [0, 0.1) is 0 Å². The van der Waals surface area contributed by atoms with Gasteiger partial charge in [0, 0.05) is 47.7 Å². The summed E-state index contributed by atoms with van der Waals surface area (Å²) in [6, 6.07) is 11.8. The molecule has 1 aromatic carbocycles. The van der Waals surface area contributed by atoms with Crippen LogP contribution in [0.5, 0.6) is 5.88 Å². The van der Waals surface area contributed by atoms with E-state index in [1.807, 2.05) is 18.2 Å². The summed E-state index contributed by atoms with van der Waals surface area (Å²) in [6.45, 7) is 1.34. The largest absolute Gasteiger partial charge is 0.481 e. The summed E-state index contributed by atoms with van der Waals surface area (Å²) in [4.78, 5) is 18.8. The van der Waals surface area contributed by atoms with Crippen LogP contribution in [0.2, 0.25) is 5.02 Å². The number of halogens is 1. The highest BCUT2D eigenvalue weighted by Gasteiger charge is 2.26. The quantitative estimate of drug-likeness (QED) is 0.417. The van der Waals surface area contributed by atoms with E-state index in [9.17, 15) is 8.42 Å². The molecule has 34 heavy (non-hydrogen) atoms. The molecular formula is C23H23ClN6O3S. The van der Waals surface area contributed by atoms with Crippen molar-refractivity contribution in [3.05, 3.63) is 60.0 Å². The van der Waals surface area contributed by atoms with Crippen LogP contribution in [0.25, 0.3) is 22.3 Å². The molecular weight excluding hydrogens is 476 g/mol. The number of sulfonamides is 1. The molecule has 4 heterocycles. The number of ether oxygens (including phenoxy) is 1. The first-order chi connectivity index (χ1) is 16.4. The number of piperidine rings is 1. The van der Waals surface area contributed by atoms with Crippen molar-refractivity contribution in [1.82, 2.24) is 24.7 Å². The van der Waals surface area contributed by atoms with E-state index in [0.717, 1.165) is 28.1 Å². The van der Waals surface area contributed by atoms with E-state index in [4.69, 9.17) is 16.3 Å². The standard InChI is InChI=1S/C23H23ClN6O3S/c1-33-21-12-15(6-9-25-21)20-13-19-22(28-20)26-14-27-23(19)30-10-7-17(8-11-30)29-34(31,32)18-4-2-16(24)3-5-18/h2-6,9,12-14,17,29H,7-8,10-11H2,1H3,(H,26,27,28). The molecule has 11 heteroatoms. The summed E-state index contributed by atoms with van der Waals surface area (Å²) in [5, 5.41) is 1.41. The molecule has 1 fully saturated rings. The lowest BCUT2D eigenvalue weighted by molar-refractivity contribution is 0.398. The Labute approximate surface area is 202 Å². The summed E-state index contributed by atoms with van der Waals surface area (Å²) in [7, 11) is -2.02. The van der Waals surface area contributed by atoms with Crippen LogP contribution in [-0.4, -0.2) is 54.6 Å². The number of fused-ring (bicyclic) bond motifs is 1. The Hall–Kier alpha value is -3.21. The van der Waals surface area contributed by atoms with Gasteiger partial charge in [0.15, 0.2) is 0 Å². The van der Waals surface area contributed by atoms with Crippen LogP contribution in [0.3, 0.4) is 0 Å². The molecule has 1 saturated heterocycles. The minimum absolute atomic E-state index is 0.152. The molecule has 9 nitrogen and oxygen atoms in total. The van der Waals surface area contributed by atoms with Gasteiger partial charge in [-0.1, -0.05) is 11.6 Å². The molecule has 2 N–H and O–H groups in total. The van der Waals surface area contributed by atoms with E-state index < -0.39 is 10.0 Å². The summed E-state index contributed by atoms with van der Waals surface area (Å²) in [6.07, 6.45) is 4.57. The molecule has 1 aliphatic rings. The second-order valence-electron chi connectivity index (χ2n) is 8.07. The van der Waals surface area contributed by atoms with Crippen molar-refractivity contribution >= 4 is 38.5 Å². The lowest BCUT2D eigenvalue weighted by Crippen LogP contribution is -2.44. The van der Waals surface area contributed by atoms with E-state index in [1.165, 1.54) is 12.1 Å². The van der Waals surface area contributed by atoms with Crippen molar-refractivity contribution in [3.8, 4) is 17.1 Å². The van der Waals surface area contributed by atoms with Gasteiger partial charge in [-0.3, -0.25) is 0 Å². The highest BCUT2D eigenvalue weighted by atomic mass is 35.5. The number of hydrogen-bond donors (Lipinski definition) is 2. The fraction of sp³-hybridized carbons (Fsp3) is 0.261. The lowest BCUT2D eigenvalue weighted by atomic mass is 10.1. The van der Waals surface area contributed by atoms with Crippen molar-refractivity contribution in [2.24, 2.45) is 0 Å². The van der Waals surface area contributed by atoms with Crippen molar-refractivity contribution < 1.29 is 13.2 Å². The maximum atomic E-state index is 12.7. The third kappa shape index (κ3) is 4.56. The number of nitrogens with zero attached hydrogens (tertiary/aromatic N) is 4. The summed E-state index contributed by atoms with van der Waals surface area (Å²) in [5.74, 6) is 1.36. The van der Waals surface area contributed by atoms with E-state index in [0.29, 0.717) is 36.8 Å². The van der Waals surface area contributed by atoms with Gasteiger partial charge in [-0.15, -0.1) is 0 Å². The van der Waals surface area contributed by atoms with Crippen molar-refractivity contribution in [3.63, 3.8) is 0 Å². The second-order valence-corrected chi connectivity index (χ2v) is 10.2. The molecule has 0 aliphatic carbocycles. The molecule has 0 radical (unpaired) electrons. The molecule has 0 spiro atoms. The highest BCUT2D eigenvalue weighted by molar-refractivity contribution is 7.89. The van der Waals surface area contributed by atoms with Crippen LogP contribution < -0.4 is 14.4 Å². The third-order valence-corrected chi connectivity index (χ3v) is 7.69. The topological polar surface area (TPSA) is 113 Å². The van der Waals surface area contributed by atoms with Crippen LogP contribution in [0.15, 0.2) is 59.9 Å². The minimum atomic E-state index is -3.60. The Bertz CT molecular complexity index is 1420. The van der Waals surface area contributed by atoms with Gasteiger partial charge >= 0.3 is 0 Å². The van der Waals surface area contributed by atoms with Gasteiger partial charge in [0.1, 0.15) is 17.8 Å². The molecule has 0 unspecified atom stereocenters. The van der Waals surface area contributed by atoms with E-state index in [-0.39, 0.29) is 10.9 Å². The van der Waals surface area contributed by atoms with Gasteiger partial charge in [0.2, 0.25) is 15.9 Å². The van der Waals surface area contributed by atoms with E-state index in [2.05, 4.69) is 29.6 Å². The van der Waals surface area contributed by atoms with Gasteiger partial charge in [-0.2, -0.15) is 0 Å². The average molecular weight is 499 g/mol. The number of benzene rings is 1. The van der Waals surface area contributed by atoms with Crippen LogP contribution in [-0.2, 0) is 10.0 Å². The zero-order valence-corrected chi connectivity index (χ0v) is 20.0. The first-order valence-corrected chi connectivity index (χ1v) is 12.7. The summed E-state index contributed by atoms with van der Waals surface area (Å²) < 4.78 is 33.5. The molecule has 0 amide bonds. The van der Waals surface area contributed by atoms with Gasteiger partial charge in [-0.25, -0.2) is 28.1 Å². The number of pyridine rings is 1. The number of anilines is 1. The normalized spacial score (nSPS) is 15.1. The van der Waals surface area contributed by atoms with Crippen LogP contribution in [0.1, 0.15) is 12.8 Å². The van der Waals surface area contributed by atoms with Gasteiger partial charge in [0.25, 0.3) is 0 Å². The first kappa shape index (κ1) is 22.6. The van der Waals surface area contributed by atoms with Crippen molar-refractivity contribution in [1.29, 1.82) is 0 Å². The number of aromatic amines is 1. The maximum absolute atomic E-state index is 12.7. The number of H-pyrrole nitrogens is 1. The highest BCUT2D eigenvalue weighted by Crippen LogP contribution is 2.31. The maximum Gasteiger partial charge on any atom is 0.240 e. The molecule has 0 saturated carbocycles. The number of methoxy groups -OCH3 is 1. The molecule has 1 aliphatic heterocycles. The predicted molar refractivity (Wildman–Crippen MR) is 131 cm³/mol. The van der Waals surface area contributed by atoms with Crippen LogP contribution in [0.4, 0.5) is 5.82 Å². The Balaban J connectivity index is 1.32. The molecule has 3 aromatic heterocycles. The number of rotatable bonds is 6. The number of aromatic nitrogens is 4. The predicted octanol–water partition coefficient (Wildman–Crippen LogP) is 3.63. The van der Waals surface area contributed by atoms with Crippen LogP contribution >= 0.6 is 11.6 Å². The number of hydrogen-bond acceptors (Lipinski definition) is 7. The lowest BCUT2D eigenvalue weighted by Gasteiger charge is -2.33. The Morgan fingerprint density at radius 3 is 2.59 bits per heavy atom. The third-order valence-electron chi connectivity index (χ3n) is 5.90. The minimum Gasteiger partial charge on any atom is -0.481 e. The molecule has 0 atom stereocenters. The van der Waals surface area contributed by atoms with Crippen molar-refractivity contribution in [2.75, 3.05) is 25.1 Å². The Kier molecular flexibility index (Phi) is 6.11. The Morgan fingerprint density at radius 2 is 1.85 bits per heavy atom. The fourth-order valence-corrected chi connectivity index (χ4v) is 5.56. The zero-order valence-electron chi connectivity index (χ0n) is 18.4. The average Bonchev–Trinajstić information content (AvgIpc) is 3.29. The number of nitrogens with one attached hydrogen (secondary N) is 2. The molecule has 4 aromatic rings. The van der Waals surface area contributed by atoms with E-state index >= 15 is 0 Å². The molecule has 0 bridgehead atoms. The van der Waals surface area contributed by atoms with Gasteiger partial charge in [-0.05, 0) is 49.2 Å². The zero-order chi connectivity index (χ0) is 23.7. The summed E-state index contributed by atoms with van der Waals surface area (Å²) >= 11 is 5.88.